The lowest BCUT2D eigenvalue weighted by molar-refractivity contribution is -0.374. The molecule has 32 heavy (non-hydrogen) atoms. The van der Waals surface area contributed by atoms with Gasteiger partial charge in [-0.15, -0.1) is 0 Å². The van der Waals surface area contributed by atoms with Gasteiger partial charge in [0.25, 0.3) is 0 Å². The minimum atomic E-state index is -0.577. The van der Waals surface area contributed by atoms with E-state index in [-0.39, 0.29) is 23.3 Å². The van der Waals surface area contributed by atoms with E-state index < -0.39 is 5.79 Å². The van der Waals surface area contributed by atoms with E-state index in [2.05, 4.69) is 51.8 Å². The largest absolute Gasteiger partial charge is 0.491 e. The predicted octanol–water partition coefficient (Wildman–Crippen LogP) is 5.66. The summed E-state index contributed by atoms with van der Waals surface area (Å²) in [5.74, 6) is 0.288. The summed E-state index contributed by atoms with van der Waals surface area (Å²) in [4.78, 5) is 6.75. The van der Waals surface area contributed by atoms with Gasteiger partial charge in [-0.3, -0.25) is 4.84 Å². The van der Waals surface area contributed by atoms with Crippen molar-refractivity contribution < 1.29 is 23.8 Å². The topological polar surface area (TPSA) is 52.7 Å². The molecule has 0 saturated carbocycles. The number of hydrogen-bond donors (Lipinski definition) is 0. The molecule has 6 nitrogen and oxygen atoms in total. The molecule has 2 aliphatic rings. The number of benzene rings is 1. The number of hydrogen-bond acceptors (Lipinski definition) is 6. The maximum Gasteiger partial charge on any atom is 0.171 e. The van der Waals surface area contributed by atoms with E-state index in [1.807, 2.05) is 26.0 Å². The van der Waals surface area contributed by atoms with Gasteiger partial charge in [-0.1, -0.05) is 26.0 Å². The number of hydroxylamine groups is 2. The van der Waals surface area contributed by atoms with Gasteiger partial charge in [0, 0.05) is 31.6 Å². The summed E-state index contributed by atoms with van der Waals surface area (Å²) >= 11 is 0. The average Bonchev–Trinajstić information content (AvgIpc) is 3.59. The van der Waals surface area contributed by atoms with Crippen LogP contribution in [0.5, 0.6) is 5.75 Å². The molecule has 1 aromatic rings. The van der Waals surface area contributed by atoms with Crippen LogP contribution >= 0.6 is 0 Å². The van der Waals surface area contributed by atoms with Crippen LogP contribution in [0.4, 0.5) is 0 Å². The molecule has 0 aromatic heterocycles. The van der Waals surface area contributed by atoms with Crippen molar-refractivity contribution in [1.82, 2.24) is 5.06 Å². The minimum absolute atomic E-state index is 0.0840. The maximum absolute atomic E-state index is 6.75. The molecule has 2 atom stereocenters. The summed E-state index contributed by atoms with van der Waals surface area (Å²) in [7, 11) is 0. The highest BCUT2D eigenvalue weighted by Crippen LogP contribution is 2.50. The molecular weight excluding hydrogens is 406 g/mol. The van der Waals surface area contributed by atoms with Crippen molar-refractivity contribution in [2.45, 2.75) is 103 Å². The molecule has 0 aliphatic carbocycles. The van der Waals surface area contributed by atoms with Crippen molar-refractivity contribution in [3.8, 4) is 5.75 Å². The molecule has 6 heteroatoms. The van der Waals surface area contributed by atoms with Gasteiger partial charge in [-0.05, 0) is 65.2 Å². The third-order valence-corrected chi connectivity index (χ3v) is 6.86. The van der Waals surface area contributed by atoms with Crippen molar-refractivity contribution in [3.05, 3.63) is 29.8 Å². The van der Waals surface area contributed by atoms with Crippen LogP contribution in [0.3, 0.4) is 0 Å². The lowest BCUT2D eigenvalue weighted by Crippen LogP contribution is -2.68. The van der Waals surface area contributed by atoms with E-state index in [1.54, 1.807) is 0 Å². The fraction of sp³-hybridized carbons (Fsp3) is 0.769. The normalized spacial score (nSPS) is 24.8. The van der Waals surface area contributed by atoms with Gasteiger partial charge in [-0.25, -0.2) is 0 Å². The van der Waals surface area contributed by atoms with Gasteiger partial charge < -0.3 is 18.9 Å². The van der Waals surface area contributed by atoms with Gasteiger partial charge in [0.2, 0.25) is 0 Å². The van der Waals surface area contributed by atoms with Crippen LogP contribution in [-0.4, -0.2) is 54.5 Å². The molecule has 182 valence electrons. The number of piperidine rings is 1. The molecule has 2 aliphatic heterocycles. The number of rotatable bonds is 12. The van der Waals surface area contributed by atoms with Crippen LogP contribution in [-0.2, 0) is 19.0 Å². The Bertz CT molecular complexity index is 705. The van der Waals surface area contributed by atoms with Crippen LogP contribution in [0, 0.1) is 0 Å². The van der Waals surface area contributed by atoms with E-state index in [0.717, 1.165) is 43.6 Å². The molecule has 2 saturated heterocycles. The van der Waals surface area contributed by atoms with E-state index in [9.17, 15) is 0 Å². The smallest absolute Gasteiger partial charge is 0.171 e. The zero-order valence-corrected chi connectivity index (χ0v) is 21.1. The molecule has 2 heterocycles. The lowest BCUT2D eigenvalue weighted by Gasteiger charge is -2.59. The van der Waals surface area contributed by atoms with Gasteiger partial charge in [0.1, 0.15) is 24.6 Å². The Hall–Kier alpha value is -1.18. The van der Waals surface area contributed by atoms with Crippen molar-refractivity contribution >= 4 is 0 Å². The maximum atomic E-state index is 6.75. The molecule has 0 amide bonds. The van der Waals surface area contributed by atoms with Crippen LogP contribution in [0.25, 0.3) is 0 Å². The van der Waals surface area contributed by atoms with Gasteiger partial charge in [-0.2, -0.15) is 5.06 Å². The number of ether oxygens (including phenoxy) is 4. The third kappa shape index (κ3) is 5.65. The van der Waals surface area contributed by atoms with Gasteiger partial charge in [0.15, 0.2) is 5.79 Å². The highest BCUT2D eigenvalue weighted by atomic mass is 16.7. The molecule has 3 rings (SSSR count). The van der Waals surface area contributed by atoms with Crippen LogP contribution < -0.4 is 4.74 Å². The molecule has 0 bridgehead atoms. The monoisotopic (exact) mass is 449 g/mol. The quantitative estimate of drug-likeness (QED) is 0.303. The predicted molar refractivity (Wildman–Crippen MR) is 126 cm³/mol. The van der Waals surface area contributed by atoms with Crippen molar-refractivity contribution in [1.29, 1.82) is 0 Å². The summed E-state index contributed by atoms with van der Waals surface area (Å²) < 4.78 is 23.5. The Kier molecular flexibility index (Phi) is 8.26. The van der Waals surface area contributed by atoms with Crippen molar-refractivity contribution in [2.24, 2.45) is 0 Å². The SMILES string of the molecule is CCOC1(OCC)CC(C)(C)N(OC(C)c2ccc(OCC3CO3)cc2)C(CC)(CC)C1. The van der Waals surface area contributed by atoms with Crippen molar-refractivity contribution in [2.75, 3.05) is 26.4 Å². The standard InChI is InChI=1S/C26H43NO5/c1-8-25(9-2)19-26(30-10-3,31-11-4)18-24(6,7)27(25)32-20(5)21-12-14-22(15-13-21)28-16-23-17-29-23/h12-15,20,23H,8-11,16-19H2,1-7H3. The fourth-order valence-corrected chi connectivity index (χ4v) is 5.23. The summed E-state index contributed by atoms with van der Waals surface area (Å²) in [5.41, 5.74) is 0.701. The zero-order valence-electron chi connectivity index (χ0n) is 21.1. The third-order valence-electron chi connectivity index (χ3n) is 6.86. The second-order valence-electron chi connectivity index (χ2n) is 9.75. The zero-order chi connectivity index (χ0) is 23.4. The lowest BCUT2D eigenvalue weighted by atomic mass is 9.73. The van der Waals surface area contributed by atoms with Crippen molar-refractivity contribution in [3.63, 3.8) is 0 Å². The van der Waals surface area contributed by atoms with Crippen LogP contribution in [0.2, 0.25) is 0 Å². The minimum Gasteiger partial charge on any atom is -0.491 e. The molecule has 0 N–H and O–H groups in total. The number of nitrogens with zero attached hydrogens (tertiary/aromatic N) is 1. The first-order chi connectivity index (χ1) is 15.2. The van der Waals surface area contributed by atoms with Gasteiger partial charge in [0.05, 0.1) is 12.1 Å². The van der Waals surface area contributed by atoms with Gasteiger partial charge >= 0.3 is 0 Å². The summed E-state index contributed by atoms with van der Waals surface area (Å²) in [5, 5.41) is 2.26. The summed E-state index contributed by atoms with van der Waals surface area (Å²) in [6.45, 7) is 17.9. The van der Waals surface area contributed by atoms with Crippen LogP contribution in [0.15, 0.2) is 24.3 Å². The second kappa shape index (κ2) is 10.4. The second-order valence-corrected chi connectivity index (χ2v) is 9.75. The van der Waals surface area contributed by atoms with E-state index >= 15 is 0 Å². The highest BCUT2D eigenvalue weighted by molar-refractivity contribution is 5.28. The summed E-state index contributed by atoms with van der Waals surface area (Å²) in [6, 6.07) is 8.21. The Morgan fingerprint density at radius 1 is 1.00 bits per heavy atom. The Balaban J connectivity index is 1.78. The fourth-order valence-electron chi connectivity index (χ4n) is 5.23. The Morgan fingerprint density at radius 3 is 2.09 bits per heavy atom. The number of epoxide rings is 1. The van der Waals surface area contributed by atoms with E-state index in [4.69, 9.17) is 23.8 Å². The first kappa shape index (κ1) is 25.4. The molecular formula is C26H43NO5. The molecule has 1 aromatic carbocycles. The first-order valence-corrected chi connectivity index (χ1v) is 12.3. The molecule has 2 fully saturated rings. The molecule has 0 spiro atoms. The highest BCUT2D eigenvalue weighted by Gasteiger charge is 2.57. The molecule has 0 radical (unpaired) electrons. The average molecular weight is 450 g/mol. The van der Waals surface area contributed by atoms with E-state index in [1.165, 1.54) is 0 Å². The Labute approximate surface area is 194 Å². The summed E-state index contributed by atoms with van der Waals surface area (Å²) in [6.07, 6.45) is 3.64. The Morgan fingerprint density at radius 2 is 1.59 bits per heavy atom. The molecule has 2 unspecified atom stereocenters. The first-order valence-electron chi connectivity index (χ1n) is 12.3. The van der Waals surface area contributed by atoms with E-state index in [0.29, 0.717) is 19.8 Å². The van der Waals surface area contributed by atoms with Crippen LogP contribution in [0.1, 0.15) is 85.8 Å².